The molecule has 0 fully saturated rings. The lowest BCUT2D eigenvalue weighted by atomic mass is 10.1. The van der Waals surface area contributed by atoms with E-state index in [2.05, 4.69) is 15.5 Å². The van der Waals surface area contributed by atoms with Gasteiger partial charge in [0.05, 0.1) is 11.7 Å². The highest BCUT2D eigenvalue weighted by molar-refractivity contribution is 5.94. The first-order chi connectivity index (χ1) is 12.2. The number of H-pyrrole nitrogens is 1. The van der Waals surface area contributed by atoms with Gasteiger partial charge in [0, 0.05) is 29.6 Å². The van der Waals surface area contributed by atoms with E-state index in [4.69, 9.17) is 4.74 Å². The Morgan fingerprint density at radius 2 is 2.00 bits per heavy atom. The normalized spacial score (nSPS) is 10.9. The van der Waals surface area contributed by atoms with Crippen LogP contribution in [0.4, 0.5) is 0 Å². The van der Waals surface area contributed by atoms with Gasteiger partial charge in [-0.05, 0) is 23.8 Å². The topological polar surface area (TPSA) is 84.1 Å². The van der Waals surface area contributed by atoms with Crippen LogP contribution in [-0.4, -0.2) is 29.1 Å². The van der Waals surface area contributed by atoms with E-state index in [1.807, 2.05) is 18.2 Å². The number of para-hydroxylation sites is 1. The van der Waals surface area contributed by atoms with Crippen LogP contribution in [0.1, 0.15) is 21.5 Å². The monoisotopic (exact) mass is 335 g/mol. The van der Waals surface area contributed by atoms with Gasteiger partial charge in [-0.2, -0.15) is 5.10 Å². The summed E-state index contributed by atoms with van der Waals surface area (Å²) in [4.78, 5) is 23.4. The van der Waals surface area contributed by atoms with Gasteiger partial charge in [-0.25, -0.2) is 4.79 Å². The van der Waals surface area contributed by atoms with Crippen molar-refractivity contribution in [2.45, 2.75) is 6.61 Å². The van der Waals surface area contributed by atoms with E-state index in [0.29, 0.717) is 5.56 Å². The molecule has 1 aromatic heterocycles. The molecule has 0 aliphatic rings. The Bertz CT molecular complexity index is 926. The third-order valence-corrected chi connectivity index (χ3v) is 3.74. The van der Waals surface area contributed by atoms with E-state index >= 15 is 0 Å². The number of ether oxygens (including phenoxy) is 1. The summed E-state index contributed by atoms with van der Waals surface area (Å²) in [6.07, 6.45) is 4.73. The van der Waals surface area contributed by atoms with Crippen LogP contribution in [0.15, 0.2) is 54.7 Å². The van der Waals surface area contributed by atoms with Crippen molar-refractivity contribution < 1.29 is 14.3 Å². The Hall–Kier alpha value is -3.41. The highest BCUT2D eigenvalue weighted by Gasteiger charge is 2.05. The maximum atomic E-state index is 11.9. The first-order valence-corrected chi connectivity index (χ1v) is 7.75. The van der Waals surface area contributed by atoms with Gasteiger partial charge in [-0.15, -0.1) is 0 Å². The standard InChI is InChI=1S/C19H17N3O3/c1-20-19(24)14-8-5-13(6-9-14)7-10-17(23)25-12-16-4-2-3-15-11-21-22-18(15)16/h2-11H,12H2,1H3,(H,20,24)(H,21,22)/b10-7+. The van der Waals surface area contributed by atoms with Crippen LogP contribution < -0.4 is 5.32 Å². The fourth-order valence-electron chi connectivity index (χ4n) is 2.40. The van der Waals surface area contributed by atoms with E-state index in [9.17, 15) is 9.59 Å². The molecule has 126 valence electrons. The van der Waals surface area contributed by atoms with Crippen LogP contribution in [0, 0.1) is 0 Å². The number of hydrogen-bond donors (Lipinski definition) is 2. The zero-order valence-corrected chi connectivity index (χ0v) is 13.7. The molecule has 1 amide bonds. The zero-order valence-electron chi connectivity index (χ0n) is 13.7. The number of carbonyl (C=O) groups excluding carboxylic acids is 2. The highest BCUT2D eigenvalue weighted by Crippen LogP contribution is 2.16. The van der Waals surface area contributed by atoms with Crippen molar-refractivity contribution in [3.8, 4) is 0 Å². The summed E-state index contributed by atoms with van der Waals surface area (Å²) >= 11 is 0. The molecule has 0 saturated heterocycles. The van der Waals surface area contributed by atoms with Crippen molar-refractivity contribution in [2.75, 3.05) is 7.05 Å². The first kappa shape index (κ1) is 16.4. The summed E-state index contributed by atoms with van der Waals surface area (Å²) in [6, 6.07) is 12.6. The van der Waals surface area contributed by atoms with Gasteiger partial charge in [0.1, 0.15) is 6.61 Å². The molecule has 6 nitrogen and oxygen atoms in total. The summed E-state index contributed by atoms with van der Waals surface area (Å²) in [5.74, 6) is -0.588. The quantitative estimate of drug-likeness (QED) is 0.555. The lowest BCUT2D eigenvalue weighted by molar-refractivity contribution is -0.138. The van der Waals surface area contributed by atoms with E-state index in [0.717, 1.165) is 22.0 Å². The SMILES string of the molecule is CNC(=O)c1ccc(/C=C/C(=O)OCc2cccc3cn[nH]c23)cc1. The number of hydrogen-bond acceptors (Lipinski definition) is 4. The van der Waals surface area contributed by atoms with Crippen molar-refractivity contribution in [1.29, 1.82) is 0 Å². The van der Waals surface area contributed by atoms with Gasteiger partial charge in [-0.3, -0.25) is 9.89 Å². The molecule has 1 heterocycles. The molecule has 0 aliphatic heterocycles. The Morgan fingerprint density at radius 3 is 2.76 bits per heavy atom. The van der Waals surface area contributed by atoms with Crippen molar-refractivity contribution in [2.24, 2.45) is 0 Å². The molecule has 2 N–H and O–H groups in total. The van der Waals surface area contributed by atoms with E-state index < -0.39 is 5.97 Å². The zero-order chi connectivity index (χ0) is 17.6. The average molecular weight is 335 g/mol. The summed E-state index contributed by atoms with van der Waals surface area (Å²) in [5, 5.41) is 10.4. The molecule has 0 bridgehead atoms. The Labute approximate surface area is 144 Å². The number of nitrogens with one attached hydrogen (secondary N) is 2. The molecule has 0 spiro atoms. The molecule has 6 heteroatoms. The summed E-state index contributed by atoms with van der Waals surface area (Å²) in [7, 11) is 1.58. The summed E-state index contributed by atoms with van der Waals surface area (Å²) < 4.78 is 5.27. The predicted molar refractivity (Wildman–Crippen MR) is 94.8 cm³/mol. The molecule has 0 radical (unpaired) electrons. The van der Waals surface area contributed by atoms with E-state index in [1.165, 1.54) is 6.08 Å². The van der Waals surface area contributed by atoms with Crippen molar-refractivity contribution in [1.82, 2.24) is 15.5 Å². The van der Waals surface area contributed by atoms with Gasteiger partial charge in [0.15, 0.2) is 0 Å². The van der Waals surface area contributed by atoms with Crippen molar-refractivity contribution in [3.05, 3.63) is 71.4 Å². The van der Waals surface area contributed by atoms with Gasteiger partial charge >= 0.3 is 5.97 Å². The molecule has 3 aromatic rings. The largest absolute Gasteiger partial charge is 0.458 e. The van der Waals surface area contributed by atoms with E-state index in [1.54, 1.807) is 43.6 Å². The van der Waals surface area contributed by atoms with Crippen LogP contribution in [0.3, 0.4) is 0 Å². The fourth-order valence-corrected chi connectivity index (χ4v) is 2.40. The molecule has 0 saturated carbocycles. The number of aromatic nitrogens is 2. The lowest BCUT2D eigenvalue weighted by Crippen LogP contribution is -2.17. The number of nitrogens with zero attached hydrogens (tertiary/aromatic N) is 1. The minimum absolute atomic E-state index is 0.150. The van der Waals surface area contributed by atoms with Crippen LogP contribution in [0.25, 0.3) is 17.0 Å². The van der Waals surface area contributed by atoms with Crippen LogP contribution in [-0.2, 0) is 16.1 Å². The number of rotatable bonds is 5. The molecule has 2 aromatic carbocycles. The third-order valence-electron chi connectivity index (χ3n) is 3.74. The van der Waals surface area contributed by atoms with Crippen molar-refractivity contribution >= 4 is 28.9 Å². The van der Waals surface area contributed by atoms with Crippen LogP contribution >= 0.6 is 0 Å². The summed E-state index contributed by atoms with van der Waals surface area (Å²) in [5.41, 5.74) is 3.10. The maximum Gasteiger partial charge on any atom is 0.331 e. The van der Waals surface area contributed by atoms with Gasteiger partial charge in [0.25, 0.3) is 5.91 Å². The lowest BCUT2D eigenvalue weighted by Gasteiger charge is -2.03. The van der Waals surface area contributed by atoms with Crippen LogP contribution in [0.5, 0.6) is 0 Å². The minimum atomic E-state index is -0.438. The number of benzene rings is 2. The second-order valence-electron chi connectivity index (χ2n) is 5.39. The molecule has 0 unspecified atom stereocenters. The van der Waals surface area contributed by atoms with Gasteiger partial charge < -0.3 is 10.1 Å². The summed E-state index contributed by atoms with van der Waals surface area (Å²) in [6.45, 7) is 0.165. The number of fused-ring (bicyclic) bond motifs is 1. The fraction of sp³-hybridized carbons (Fsp3) is 0.105. The second-order valence-corrected chi connectivity index (χ2v) is 5.39. The molecular weight excluding hydrogens is 318 g/mol. The highest BCUT2D eigenvalue weighted by atomic mass is 16.5. The van der Waals surface area contributed by atoms with Crippen molar-refractivity contribution in [3.63, 3.8) is 0 Å². The minimum Gasteiger partial charge on any atom is -0.458 e. The Morgan fingerprint density at radius 1 is 1.20 bits per heavy atom. The molecule has 0 atom stereocenters. The van der Waals surface area contributed by atoms with Gasteiger partial charge in [0.2, 0.25) is 0 Å². The molecule has 3 rings (SSSR count). The number of amides is 1. The second kappa shape index (κ2) is 7.44. The predicted octanol–water partition coefficient (Wildman–Crippen LogP) is 2.68. The Balaban J connectivity index is 1.59. The third kappa shape index (κ3) is 3.92. The average Bonchev–Trinajstić information content (AvgIpc) is 3.13. The molecule has 0 aliphatic carbocycles. The van der Waals surface area contributed by atoms with Gasteiger partial charge in [-0.1, -0.05) is 30.3 Å². The first-order valence-electron chi connectivity index (χ1n) is 7.75. The number of esters is 1. The Kier molecular flexibility index (Phi) is 4.89. The number of aromatic amines is 1. The van der Waals surface area contributed by atoms with Crippen LogP contribution in [0.2, 0.25) is 0 Å². The molecule has 25 heavy (non-hydrogen) atoms. The molecular formula is C19H17N3O3. The number of carbonyl (C=O) groups is 2. The maximum absolute atomic E-state index is 11.9. The van der Waals surface area contributed by atoms with E-state index in [-0.39, 0.29) is 12.5 Å². The smallest absolute Gasteiger partial charge is 0.331 e.